The Kier molecular flexibility index (Phi) is 6.59. The number of hydrogen-bond acceptors (Lipinski definition) is 3. The molecular weight excluding hydrogens is 389 g/mol. The van der Waals surface area contributed by atoms with E-state index in [0.717, 1.165) is 37.2 Å². The molecule has 3 aromatic carbocycles. The number of benzene rings is 3. The van der Waals surface area contributed by atoms with Crippen molar-refractivity contribution in [2.24, 2.45) is 0 Å². The summed E-state index contributed by atoms with van der Waals surface area (Å²) in [4.78, 5) is 14.5. The molecule has 1 fully saturated rings. The molecule has 4 rings (SSSR count). The van der Waals surface area contributed by atoms with Crippen LogP contribution in [0.5, 0.6) is 0 Å². The highest BCUT2D eigenvalue weighted by Crippen LogP contribution is 2.34. The van der Waals surface area contributed by atoms with E-state index in [1.165, 1.54) is 17.7 Å². The van der Waals surface area contributed by atoms with Crippen molar-refractivity contribution >= 4 is 5.78 Å². The average molecular weight is 418 g/mol. The van der Waals surface area contributed by atoms with Gasteiger partial charge in [0.15, 0.2) is 5.78 Å². The van der Waals surface area contributed by atoms with Crippen LogP contribution in [-0.4, -0.2) is 35.4 Å². The highest BCUT2D eigenvalue weighted by atomic mass is 19.1. The highest BCUT2D eigenvalue weighted by molar-refractivity contribution is 5.95. The second kappa shape index (κ2) is 9.54. The van der Waals surface area contributed by atoms with Gasteiger partial charge in [0, 0.05) is 25.1 Å². The first-order valence-electron chi connectivity index (χ1n) is 10.9. The van der Waals surface area contributed by atoms with E-state index >= 15 is 0 Å². The number of Topliss-reactive ketones (excluding diaryl/α,β-unsaturated/α-hetero) is 1. The molecule has 31 heavy (non-hydrogen) atoms. The summed E-state index contributed by atoms with van der Waals surface area (Å²) in [5.74, 6) is -0.279. The van der Waals surface area contributed by atoms with Crippen LogP contribution in [0.25, 0.3) is 11.1 Å². The van der Waals surface area contributed by atoms with Crippen molar-refractivity contribution in [2.45, 2.75) is 31.3 Å². The number of nitrogens with zero attached hydrogens (tertiary/aromatic N) is 1. The van der Waals surface area contributed by atoms with Gasteiger partial charge in [-0.3, -0.25) is 4.79 Å². The van der Waals surface area contributed by atoms with Crippen molar-refractivity contribution < 1.29 is 14.3 Å². The van der Waals surface area contributed by atoms with E-state index in [0.29, 0.717) is 24.8 Å². The van der Waals surface area contributed by atoms with E-state index < -0.39 is 5.60 Å². The van der Waals surface area contributed by atoms with Gasteiger partial charge in [-0.2, -0.15) is 0 Å². The molecule has 0 aromatic heterocycles. The number of ketones is 1. The molecule has 0 atom stereocenters. The van der Waals surface area contributed by atoms with Crippen molar-refractivity contribution in [3.63, 3.8) is 0 Å². The number of likely N-dealkylation sites (tertiary alicyclic amines) is 1. The summed E-state index contributed by atoms with van der Waals surface area (Å²) in [5, 5.41) is 11.2. The van der Waals surface area contributed by atoms with Gasteiger partial charge in [0.05, 0.1) is 5.60 Å². The maximum Gasteiger partial charge on any atom is 0.162 e. The van der Waals surface area contributed by atoms with Crippen molar-refractivity contribution in [1.82, 2.24) is 4.90 Å². The Labute approximate surface area is 183 Å². The summed E-state index contributed by atoms with van der Waals surface area (Å²) < 4.78 is 13.0. The minimum absolute atomic E-state index is 0.0482. The van der Waals surface area contributed by atoms with Crippen LogP contribution in [-0.2, 0) is 5.60 Å². The molecule has 0 spiro atoms. The van der Waals surface area contributed by atoms with Gasteiger partial charge >= 0.3 is 0 Å². The maximum absolute atomic E-state index is 13.0. The van der Waals surface area contributed by atoms with Gasteiger partial charge in [0.2, 0.25) is 0 Å². The zero-order valence-corrected chi connectivity index (χ0v) is 17.6. The molecule has 1 aliphatic rings. The zero-order chi connectivity index (χ0) is 21.7. The van der Waals surface area contributed by atoms with Gasteiger partial charge in [-0.1, -0.05) is 54.6 Å². The number of aliphatic hydroxyl groups is 1. The van der Waals surface area contributed by atoms with Crippen LogP contribution in [0, 0.1) is 5.82 Å². The van der Waals surface area contributed by atoms with Crippen molar-refractivity contribution in [1.29, 1.82) is 0 Å². The third kappa shape index (κ3) is 5.27. The van der Waals surface area contributed by atoms with E-state index in [1.54, 1.807) is 12.1 Å². The van der Waals surface area contributed by atoms with E-state index in [9.17, 15) is 14.3 Å². The minimum Gasteiger partial charge on any atom is -0.385 e. The SMILES string of the molecule is O=C(CCCN1CCC(O)(c2ccc(-c3ccccc3)cc2)CC1)c1ccc(F)cc1. The summed E-state index contributed by atoms with van der Waals surface area (Å²) in [6.07, 6.45) is 2.58. The molecule has 0 amide bonds. The lowest BCUT2D eigenvalue weighted by molar-refractivity contribution is -0.0260. The third-order valence-electron chi connectivity index (χ3n) is 6.26. The molecular formula is C27H28FNO2. The standard InChI is InChI=1S/C27H28FNO2/c28-25-14-10-23(11-15-25)26(30)7-4-18-29-19-16-27(31,17-20-29)24-12-8-22(9-13-24)21-5-2-1-3-6-21/h1-3,5-6,8-15,31H,4,7,16-20H2. The van der Waals surface area contributed by atoms with E-state index in [1.807, 2.05) is 30.3 Å². The Bertz CT molecular complexity index is 992. The van der Waals surface area contributed by atoms with Crippen molar-refractivity contribution in [3.05, 3.63) is 95.8 Å². The molecule has 3 nitrogen and oxygen atoms in total. The summed E-state index contributed by atoms with van der Waals surface area (Å²) >= 11 is 0. The number of carbonyl (C=O) groups is 1. The molecule has 4 heteroatoms. The van der Waals surface area contributed by atoms with Gasteiger partial charge in [0.1, 0.15) is 5.82 Å². The normalized spacial score (nSPS) is 16.2. The third-order valence-corrected chi connectivity index (χ3v) is 6.26. The average Bonchev–Trinajstić information content (AvgIpc) is 2.81. The number of piperidine rings is 1. The van der Waals surface area contributed by atoms with Gasteiger partial charge < -0.3 is 10.0 Å². The van der Waals surface area contributed by atoms with Crippen LogP contribution in [0.2, 0.25) is 0 Å². The van der Waals surface area contributed by atoms with Crippen LogP contribution in [0.15, 0.2) is 78.9 Å². The summed E-state index contributed by atoms with van der Waals surface area (Å²) in [6.45, 7) is 2.44. The summed E-state index contributed by atoms with van der Waals surface area (Å²) in [7, 11) is 0. The molecule has 1 N–H and O–H groups in total. The molecule has 0 radical (unpaired) electrons. The van der Waals surface area contributed by atoms with Crippen LogP contribution in [0.1, 0.15) is 41.6 Å². The monoisotopic (exact) mass is 417 g/mol. The lowest BCUT2D eigenvalue weighted by atomic mass is 9.83. The summed E-state index contributed by atoms with van der Waals surface area (Å²) in [5.41, 5.74) is 3.06. The fraction of sp³-hybridized carbons (Fsp3) is 0.296. The largest absolute Gasteiger partial charge is 0.385 e. The first-order chi connectivity index (χ1) is 15.0. The quantitative estimate of drug-likeness (QED) is 0.521. The Morgan fingerprint density at radius 1 is 0.871 bits per heavy atom. The Balaban J connectivity index is 1.26. The second-order valence-corrected chi connectivity index (χ2v) is 8.35. The van der Waals surface area contributed by atoms with Crippen LogP contribution in [0.4, 0.5) is 4.39 Å². The number of rotatable bonds is 7. The van der Waals surface area contributed by atoms with Gasteiger partial charge in [-0.05, 0) is 66.8 Å². The lowest BCUT2D eigenvalue weighted by Gasteiger charge is -2.38. The molecule has 1 aliphatic heterocycles. The fourth-order valence-electron chi connectivity index (χ4n) is 4.28. The zero-order valence-electron chi connectivity index (χ0n) is 17.6. The Morgan fingerprint density at radius 3 is 2.13 bits per heavy atom. The smallest absolute Gasteiger partial charge is 0.162 e. The van der Waals surface area contributed by atoms with Crippen molar-refractivity contribution in [3.8, 4) is 11.1 Å². The van der Waals surface area contributed by atoms with Crippen molar-refractivity contribution in [2.75, 3.05) is 19.6 Å². The second-order valence-electron chi connectivity index (χ2n) is 8.35. The Hall–Kier alpha value is -2.82. The van der Waals surface area contributed by atoms with Gasteiger partial charge in [-0.15, -0.1) is 0 Å². The topological polar surface area (TPSA) is 40.5 Å². The van der Waals surface area contributed by atoms with E-state index in [-0.39, 0.29) is 11.6 Å². The van der Waals surface area contributed by atoms with Gasteiger partial charge in [0.25, 0.3) is 0 Å². The fourth-order valence-corrected chi connectivity index (χ4v) is 4.28. The number of carbonyl (C=O) groups excluding carboxylic acids is 1. The van der Waals surface area contributed by atoms with Crippen LogP contribution in [0.3, 0.4) is 0 Å². The predicted octanol–water partition coefficient (Wildman–Crippen LogP) is 5.44. The molecule has 0 unspecified atom stereocenters. The van der Waals surface area contributed by atoms with E-state index in [4.69, 9.17) is 0 Å². The minimum atomic E-state index is -0.796. The molecule has 0 aliphatic carbocycles. The first-order valence-corrected chi connectivity index (χ1v) is 10.9. The lowest BCUT2D eigenvalue weighted by Crippen LogP contribution is -2.42. The molecule has 0 saturated carbocycles. The van der Waals surface area contributed by atoms with Crippen LogP contribution >= 0.6 is 0 Å². The molecule has 0 bridgehead atoms. The van der Waals surface area contributed by atoms with E-state index in [2.05, 4.69) is 29.2 Å². The molecule has 3 aromatic rings. The predicted molar refractivity (Wildman–Crippen MR) is 121 cm³/mol. The molecule has 1 saturated heterocycles. The number of halogens is 1. The van der Waals surface area contributed by atoms with Gasteiger partial charge in [-0.25, -0.2) is 4.39 Å². The molecule has 160 valence electrons. The first kappa shape index (κ1) is 21.4. The Morgan fingerprint density at radius 2 is 1.48 bits per heavy atom. The number of hydrogen-bond donors (Lipinski definition) is 1. The highest BCUT2D eigenvalue weighted by Gasteiger charge is 2.33. The molecule has 1 heterocycles. The van der Waals surface area contributed by atoms with Crippen LogP contribution < -0.4 is 0 Å². The maximum atomic E-state index is 13.0. The summed E-state index contributed by atoms with van der Waals surface area (Å²) in [6, 6.07) is 24.2.